The van der Waals surface area contributed by atoms with Crippen LogP contribution in [0.3, 0.4) is 0 Å². The molecule has 2 aromatic carbocycles. The lowest BCUT2D eigenvalue weighted by Crippen LogP contribution is -1.94. The third-order valence-electron chi connectivity index (χ3n) is 2.97. The summed E-state index contributed by atoms with van der Waals surface area (Å²) in [6, 6.07) is 12.4. The van der Waals surface area contributed by atoms with E-state index in [-0.39, 0.29) is 21.7 Å². The second-order valence-corrected chi connectivity index (χ2v) is 5.50. The highest BCUT2D eigenvalue weighted by atomic mass is 32.2. The summed E-state index contributed by atoms with van der Waals surface area (Å²) in [4.78, 5) is 20.6. The zero-order chi connectivity index (χ0) is 17.1. The van der Waals surface area contributed by atoms with Gasteiger partial charge >= 0.3 is 0 Å². The van der Waals surface area contributed by atoms with Crippen molar-refractivity contribution in [1.82, 2.24) is 10.2 Å². The number of benzene rings is 2. The van der Waals surface area contributed by atoms with Crippen molar-refractivity contribution in [3.63, 3.8) is 0 Å². The quantitative estimate of drug-likeness (QED) is 0.506. The Morgan fingerprint density at radius 2 is 1.71 bits per heavy atom. The molecule has 0 fully saturated rings. The smallest absolute Gasteiger partial charge is 0.290 e. The molecule has 1 heterocycles. The van der Waals surface area contributed by atoms with Crippen molar-refractivity contribution < 1.29 is 14.3 Å². The molecule has 0 unspecified atom stereocenters. The van der Waals surface area contributed by atoms with Gasteiger partial charge in [-0.3, -0.25) is 20.2 Å². The summed E-state index contributed by atoms with van der Waals surface area (Å²) in [7, 11) is 0. The van der Waals surface area contributed by atoms with E-state index >= 15 is 0 Å². The lowest BCUT2D eigenvalue weighted by Gasteiger charge is -1.99. The molecule has 1 aromatic heterocycles. The fraction of sp³-hybridized carbons (Fsp3) is 0. The van der Waals surface area contributed by atoms with Crippen LogP contribution < -0.4 is 0 Å². The van der Waals surface area contributed by atoms with Gasteiger partial charge in [-0.1, -0.05) is 18.2 Å². The second-order valence-electron chi connectivity index (χ2n) is 4.51. The molecule has 0 saturated heterocycles. The minimum absolute atomic E-state index is 0.103. The van der Waals surface area contributed by atoms with Gasteiger partial charge in [0.1, 0.15) is 0 Å². The number of nitro groups is 2. The van der Waals surface area contributed by atoms with Crippen LogP contribution in [0.15, 0.2) is 63.1 Å². The molecule has 0 amide bonds. The summed E-state index contributed by atoms with van der Waals surface area (Å²) in [6.07, 6.45) is 0. The molecule has 120 valence electrons. The zero-order valence-corrected chi connectivity index (χ0v) is 12.7. The Hall–Kier alpha value is -3.27. The first-order valence-electron chi connectivity index (χ1n) is 6.54. The normalized spacial score (nSPS) is 10.5. The van der Waals surface area contributed by atoms with E-state index in [9.17, 15) is 20.2 Å². The Bertz CT molecular complexity index is 913. The molecule has 0 bridgehead atoms. The van der Waals surface area contributed by atoms with Gasteiger partial charge in [0.25, 0.3) is 16.6 Å². The first kappa shape index (κ1) is 15.6. The van der Waals surface area contributed by atoms with E-state index in [2.05, 4.69) is 10.2 Å². The van der Waals surface area contributed by atoms with Crippen LogP contribution in [-0.4, -0.2) is 20.0 Å². The van der Waals surface area contributed by atoms with Crippen LogP contribution in [-0.2, 0) is 0 Å². The molecule has 0 aliphatic heterocycles. The van der Waals surface area contributed by atoms with Crippen molar-refractivity contribution >= 4 is 23.1 Å². The van der Waals surface area contributed by atoms with Crippen molar-refractivity contribution in [3.05, 3.63) is 68.8 Å². The molecule has 3 aromatic rings. The molecule has 3 rings (SSSR count). The first-order chi connectivity index (χ1) is 11.5. The van der Waals surface area contributed by atoms with Gasteiger partial charge in [0.05, 0.1) is 20.8 Å². The van der Waals surface area contributed by atoms with E-state index < -0.39 is 15.5 Å². The van der Waals surface area contributed by atoms with Gasteiger partial charge in [0.2, 0.25) is 5.89 Å². The van der Waals surface area contributed by atoms with Gasteiger partial charge in [-0.05, 0) is 30.0 Å². The average Bonchev–Trinajstić information content (AvgIpc) is 3.04. The van der Waals surface area contributed by atoms with Crippen LogP contribution in [0.1, 0.15) is 0 Å². The van der Waals surface area contributed by atoms with Crippen LogP contribution in [0.4, 0.5) is 11.4 Å². The van der Waals surface area contributed by atoms with E-state index in [1.807, 2.05) is 18.2 Å². The van der Waals surface area contributed by atoms with Crippen LogP contribution in [0.25, 0.3) is 11.5 Å². The Morgan fingerprint density at radius 3 is 2.38 bits per heavy atom. The highest BCUT2D eigenvalue weighted by Gasteiger charge is 2.22. The molecule has 0 radical (unpaired) electrons. The zero-order valence-electron chi connectivity index (χ0n) is 11.9. The Balaban J connectivity index is 1.90. The number of aromatic nitrogens is 2. The Kier molecular flexibility index (Phi) is 4.20. The highest BCUT2D eigenvalue weighted by molar-refractivity contribution is 7.99. The fourth-order valence-corrected chi connectivity index (χ4v) is 2.66. The predicted octanol–water partition coefficient (Wildman–Crippen LogP) is 3.70. The average molecular weight is 344 g/mol. The molecule has 0 aliphatic carbocycles. The Morgan fingerprint density at radius 1 is 0.958 bits per heavy atom. The first-order valence-corrected chi connectivity index (χ1v) is 7.36. The van der Waals surface area contributed by atoms with E-state index in [4.69, 9.17) is 4.42 Å². The Labute approximate surface area is 138 Å². The summed E-state index contributed by atoms with van der Waals surface area (Å²) in [5.74, 6) is 0.280. The summed E-state index contributed by atoms with van der Waals surface area (Å²) in [6.45, 7) is 0. The number of nitro benzene ring substituents is 2. The lowest BCUT2D eigenvalue weighted by atomic mass is 10.2. The number of rotatable bonds is 5. The highest BCUT2D eigenvalue weighted by Crippen LogP contribution is 2.37. The number of hydrogen-bond acceptors (Lipinski definition) is 8. The molecular formula is C14H8N4O5S. The van der Waals surface area contributed by atoms with Crippen molar-refractivity contribution in [3.8, 4) is 11.5 Å². The van der Waals surface area contributed by atoms with Crippen LogP contribution in [0.5, 0.6) is 0 Å². The van der Waals surface area contributed by atoms with Crippen molar-refractivity contribution in [1.29, 1.82) is 0 Å². The SMILES string of the molecule is O=[N+]([O-])c1ccc(Sc2nnc(-c3ccccc3)o2)c([N+](=O)[O-])c1. The maximum absolute atomic E-state index is 11.1. The molecule has 0 aliphatic rings. The maximum atomic E-state index is 11.1. The fourth-order valence-electron chi connectivity index (χ4n) is 1.89. The van der Waals surface area contributed by atoms with Crippen molar-refractivity contribution in [2.45, 2.75) is 10.1 Å². The van der Waals surface area contributed by atoms with E-state index in [0.29, 0.717) is 0 Å². The summed E-state index contributed by atoms with van der Waals surface area (Å²) in [5, 5.41) is 29.7. The minimum Gasteiger partial charge on any atom is -0.411 e. The number of non-ortho nitro benzene ring substituents is 1. The van der Waals surface area contributed by atoms with Crippen molar-refractivity contribution in [2.24, 2.45) is 0 Å². The molecule has 0 spiro atoms. The molecule has 9 nitrogen and oxygen atoms in total. The summed E-state index contributed by atoms with van der Waals surface area (Å²) >= 11 is 0.874. The van der Waals surface area contributed by atoms with Gasteiger partial charge in [-0.15, -0.1) is 10.2 Å². The largest absolute Gasteiger partial charge is 0.411 e. The maximum Gasteiger partial charge on any atom is 0.290 e. The molecule has 0 N–H and O–H groups in total. The topological polar surface area (TPSA) is 125 Å². The predicted molar refractivity (Wildman–Crippen MR) is 83.6 cm³/mol. The van der Waals surface area contributed by atoms with E-state index in [1.54, 1.807) is 12.1 Å². The molecule has 10 heteroatoms. The number of nitrogens with zero attached hydrogens (tertiary/aromatic N) is 4. The van der Waals surface area contributed by atoms with Crippen LogP contribution >= 0.6 is 11.8 Å². The minimum atomic E-state index is -0.693. The molecule has 0 atom stereocenters. The van der Waals surface area contributed by atoms with Crippen LogP contribution in [0.2, 0.25) is 0 Å². The van der Waals surface area contributed by atoms with Crippen molar-refractivity contribution in [2.75, 3.05) is 0 Å². The van der Waals surface area contributed by atoms with Gasteiger partial charge in [0.15, 0.2) is 0 Å². The van der Waals surface area contributed by atoms with Gasteiger partial charge in [-0.2, -0.15) is 0 Å². The van der Waals surface area contributed by atoms with E-state index in [1.165, 1.54) is 12.1 Å². The van der Waals surface area contributed by atoms with Gasteiger partial charge < -0.3 is 4.42 Å². The number of hydrogen-bond donors (Lipinski definition) is 0. The second kappa shape index (κ2) is 6.46. The van der Waals surface area contributed by atoms with E-state index in [0.717, 1.165) is 23.4 Å². The molecule has 0 saturated carbocycles. The monoisotopic (exact) mass is 344 g/mol. The van der Waals surface area contributed by atoms with Gasteiger partial charge in [0, 0.05) is 11.6 Å². The third-order valence-corrected chi connectivity index (χ3v) is 3.88. The standard InChI is InChI=1S/C14H8N4O5S/c19-17(20)10-6-7-12(11(8-10)18(21)22)24-14-16-15-13(23-14)9-4-2-1-3-5-9/h1-8H. The summed E-state index contributed by atoms with van der Waals surface area (Å²) < 4.78 is 5.47. The van der Waals surface area contributed by atoms with Crippen LogP contribution in [0, 0.1) is 20.2 Å². The molecule has 24 heavy (non-hydrogen) atoms. The lowest BCUT2D eigenvalue weighted by molar-refractivity contribution is -0.396. The third kappa shape index (κ3) is 3.22. The molecular weight excluding hydrogens is 336 g/mol. The summed E-state index contributed by atoms with van der Waals surface area (Å²) in [5.41, 5.74) is -0.0368. The van der Waals surface area contributed by atoms with Gasteiger partial charge in [-0.25, -0.2) is 0 Å².